The fourth-order valence-corrected chi connectivity index (χ4v) is 2.45. The van der Waals surface area contributed by atoms with Crippen LogP contribution >= 0.6 is 11.8 Å². The highest BCUT2D eigenvalue weighted by atomic mass is 32.2. The predicted molar refractivity (Wildman–Crippen MR) is 81.5 cm³/mol. The summed E-state index contributed by atoms with van der Waals surface area (Å²) in [5.74, 6) is 0.630. The topological polar surface area (TPSA) is 103 Å². The lowest BCUT2D eigenvalue weighted by Gasteiger charge is -2.05. The highest BCUT2D eigenvalue weighted by molar-refractivity contribution is 7.99. The van der Waals surface area contributed by atoms with Gasteiger partial charge in [0.1, 0.15) is 18.9 Å². The molecule has 0 aliphatic rings. The summed E-state index contributed by atoms with van der Waals surface area (Å²) in [6.07, 6.45) is 4.91. The van der Waals surface area contributed by atoms with Crippen molar-refractivity contribution in [2.75, 3.05) is 12.3 Å². The Hall–Kier alpha value is -2.42. The molecule has 0 aliphatic carbocycles. The Bertz CT molecular complexity index is 632. The molecule has 0 bridgehead atoms. The Morgan fingerprint density at radius 2 is 2.32 bits per heavy atom. The summed E-state index contributed by atoms with van der Waals surface area (Å²) in [4.78, 5) is 25.8. The van der Waals surface area contributed by atoms with Crippen molar-refractivity contribution in [3.8, 4) is 0 Å². The lowest BCUT2D eigenvalue weighted by atomic mass is 10.4. The molecule has 0 saturated carbocycles. The van der Waals surface area contributed by atoms with Gasteiger partial charge in [0.05, 0.1) is 9.95 Å². The van der Waals surface area contributed by atoms with Gasteiger partial charge < -0.3 is 5.32 Å². The van der Waals surface area contributed by atoms with Gasteiger partial charge in [0, 0.05) is 18.5 Å². The molecule has 9 heteroatoms. The Kier molecular flexibility index (Phi) is 5.90. The molecule has 116 valence electrons. The molecule has 0 radical (unpaired) electrons. The first-order valence-corrected chi connectivity index (χ1v) is 7.61. The number of carbonyl (C=O) groups excluding carboxylic acids is 1. The molecule has 8 nitrogen and oxygen atoms in total. The van der Waals surface area contributed by atoms with Crippen LogP contribution in [0.2, 0.25) is 0 Å². The van der Waals surface area contributed by atoms with E-state index in [0.717, 1.165) is 23.4 Å². The van der Waals surface area contributed by atoms with Crippen molar-refractivity contribution in [1.29, 1.82) is 0 Å². The monoisotopic (exact) mass is 321 g/mol. The first kappa shape index (κ1) is 16.0. The predicted octanol–water partition coefficient (Wildman–Crippen LogP) is 1.48. The molecule has 0 spiro atoms. The zero-order valence-corrected chi connectivity index (χ0v) is 12.5. The first-order valence-electron chi connectivity index (χ1n) is 6.62. The van der Waals surface area contributed by atoms with Gasteiger partial charge in [0.2, 0.25) is 5.91 Å². The van der Waals surface area contributed by atoms with E-state index in [2.05, 4.69) is 15.4 Å². The minimum Gasteiger partial charge on any atom is -0.354 e. The van der Waals surface area contributed by atoms with Gasteiger partial charge >= 0.3 is 5.69 Å². The van der Waals surface area contributed by atoms with Crippen LogP contribution in [0.25, 0.3) is 0 Å². The van der Waals surface area contributed by atoms with E-state index in [0.29, 0.717) is 6.54 Å². The fourth-order valence-electron chi connectivity index (χ4n) is 1.65. The van der Waals surface area contributed by atoms with Crippen molar-refractivity contribution in [2.24, 2.45) is 0 Å². The Morgan fingerprint density at radius 1 is 1.45 bits per heavy atom. The summed E-state index contributed by atoms with van der Waals surface area (Å²) < 4.78 is 1.25. The van der Waals surface area contributed by atoms with Crippen LogP contribution in [0.1, 0.15) is 6.42 Å². The highest BCUT2D eigenvalue weighted by Gasteiger charge is 2.10. The Morgan fingerprint density at radius 3 is 3.00 bits per heavy atom. The average molecular weight is 321 g/mol. The average Bonchev–Trinajstić information content (AvgIpc) is 2.96. The maximum atomic E-state index is 11.7. The number of nitro groups is 1. The minimum absolute atomic E-state index is 0.0266. The number of nitrogens with zero attached hydrogens (tertiary/aromatic N) is 4. The second-order valence-corrected chi connectivity index (χ2v) is 5.49. The summed E-state index contributed by atoms with van der Waals surface area (Å²) in [6, 6.07) is 5.73. The summed E-state index contributed by atoms with van der Waals surface area (Å²) in [6.45, 7) is 0.517. The van der Waals surface area contributed by atoms with E-state index in [-0.39, 0.29) is 18.1 Å². The van der Waals surface area contributed by atoms with Crippen molar-refractivity contribution >= 4 is 23.4 Å². The third-order valence-electron chi connectivity index (χ3n) is 2.67. The zero-order valence-electron chi connectivity index (χ0n) is 11.7. The van der Waals surface area contributed by atoms with Gasteiger partial charge in [0.25, 0.3) is 0 Å². The number of rotatable bonds is 8. The van der Waals surface area contributed by atoms with E-state index in [1.54, 1.807) is 18.0 Å². The maximum Gasteiger partial charge on any atom is 0.307 e. The second-order valence-electron chi connectivity index (χ2n) is 4.37. The number of hydrogen-bond donors (Lipinski definition) is 1. The second kappa shape index (κ2) is 8.13. The van der Waals surface area contributed by atoms with Gasteiger partial charge in [0.15, 0.2) is 0 Å². The summed E-state index contributed by atoms with van der Waals surface area (Å²) >= 11 is 1.63. The fraction of sp³-hybridized carbons (Fsp3) is 0.308. The van der Waals surface area contributed by atoms with Gasteiger partial charge in [-0.25, -0.2) is 4.98 Å². The van der Waals surface area contributed by atoms with Gasteiger partial charge in [-0.2, -0.15) is 5.10 Å². The van der Waals surface area contributed by atoms with Crippen molar-refractivity contribution < 1.29 is 9.72 Å². The van der Waals surface area contributed by atoms with E-state index in [1.807, 2.05) is 18.2 Å². The number of amides is 1. The molecule has 0 saturated heterocycles. The molecule has 1 amide bonds. The van der Waals surface area contributed by atoms with Crippen LogP contribution in [-0.4, -0.2) is 37.9 Å². The van der Waals surface area contributed by atoms with Gasteiger partial charge in [-0.3, -0.25) is 19.6 Å². The standard InChI is InChI=1S/C13H15N5O3S/c19-12(10-17-9-11(8-16-17)18(20)21)14-6-3-7-22-13-4-1-2-5-15-13/h1-2,4-5,8-9H,3,6-7,10H2,(H,14,19). The molecular weight excluding hydrogens is 306 g/mol. The minimum atomic E-state index is -0.545. The molecule has 2 rings (SSSR count). The van der Waals surface area contributed by atoms with Crippen molar-refractivity contribution in [2.45, 2.75) is 18.0 Å². The number of aromatic nitrogens is 3. The number of thioether (sulfide) groups is 1. The molecule has 0 unspecified atom stereocenters. The molecule has 1 N–H and O–H groups in total. The molecule has 2 aromatic rings. The van der Waals surface area contributed by atoms with Crippen molar-refractivity contribution in [3.63, 3.8) is 0 Å². The first-order chi connectivity index (χ1) is 10.6. The SMILES string of the molecule is O=C(Cn1cc([N+](=O)[O-])cn1)NCCCSc1ccccn1. The molecule has 0 atom stereocenters. The van der Waals surface area contributed by atoms with Gasteiger partial charge in [-0.1, -0.05) is 6.07 Å². The van der Waals surface area contributed by atoms with Crippen LogP contribution in [0.5, 0.6) is 0 Å². The summed E-state index contributed by atoms with van der Waals surface area (Å²) in [5, 5.41) is 18.0. The van der Waals surface area contributed by atoms with Crippen molar-refractivity contribution in [1.82, 2.24) is 20.1 Å². The van der Waals surface area contributed by atoms with Crippen LogP contribution in [0.3, 0.4) is 0 Å². The normalized spacial score (nSPS) is 10.4. The van der Waals surface area contributed by atoms with Crippen LogP contribution in [-0.2, 0) is 11.3 Å². The third kappa shape index (κ3) is 5.17. The largest absolute Gasteiger partial charge is 0.354 e. The lowest BCUT2D eigenvalue weighted by Crippen LogP contribution is -2.28. The summed E-state index contributed by atoms with van der Waals surface area (Å²) in [7, 11) is 0. The number of nitrogens with one attached hydrogen (secondary N) is 1. The van der Waals surface area contributed by atoms with Crippen molar-refractivity contribution in [3.05, 3.63) is 46.9 Å². The third-order valence-corrected chi connectivity index (χ3v) is 3.70. The lowest BCUT2D eigenvalue weighted by molar-refractivity contribution is -0.385. The Balaban J connectivity index is 1.62. The van der Waals surface area contributed by atoms with Crippen LogP contribution in [0.4, 0.5) is 5.69 Å². The maximum absolute atomic E-state index is 11.7. The highest BCUT2D eigenvalue weighted by Crippen LogP contribution is 2.14. The Labute approximate surface area is 131 Å². The van der Waals surface area contributed by atoms with E-state index in [9.17, 15) is 14.9 Å². The smallest absolute Gasteiger partial charge is 0.307 e. The molecular formula is C13H15N5O3S. The number of carbonyl (C=O) groups is 1. The summed E-state index contributed by atoms with van der Waals surface area (Å²) in [5.41, 5.74) is -0.125. The van der Waals surface area contributed by atoms with E-state index in [4.69, 9.17) is 0 Å². The molecule has 22 heavy (non-hydrogen) atoms. The zero-order chi connectivity index (χ0) is 15.8. The van der Waals surface area contributed by atoms with Crippen LogP contribution in [0.15, 0.2) is 41.8 Å². The molecule has 0 aliphatic heterocycles. The van der Waals surface area contributed by atoms with Crippen LogP contribution < -0.4 is 5.32 Å². The molecule has 0 fully saturated rings. The molecule has 2 heterocycles. The van der Waals surface area contributed by atoms with Crippen LogP contribution in [0, 0.1) is 10.1 Å². The quantitative estimate of drug-likeness (QED) is 0.342. The van der Waals surface area contributed by atoms with E-state index < -0.39 is 4.92 Å². The van der Waals surface area contributed by atoms with Gasteiger partial charge in [-0.15, -0.1) is 11.8 Å². The van der Waals surface area contributed by atoms with E-state index >= 15 is 0 Å². The molecule has 0 aromatic carbocycles. The number of hydrogen-bond acceptors (Lipinski definition) is 6. The van der Waals surface area contributed by atoms with E-state index in [1.165, 1.54) is 10.9 Å². The van der Waals surface area contributed by atoms with Gasteiger partial charge in [-0.05, 0) is 18.6 Å². The molecule has 2 aromatic heterocycles. The number of pyridine rings is 1.